The average Bonchev–Trinajstić information content (AvgIpc) is 2.62. The van der Waals surface area contributed by atoms with Gasteiger partial charge in [0.15, 0.2) is 0 Å². The largest absolute Gasteiger partial charge is 0.393 e. The summed E-state index contributed by atoms with van der Waals surface area (Å²) in [5.74, 6) is 1.28. The number of hydrogen-bond donors (Lipinski definition) is 3. The first kappa shape index (κ1) is 19.3. The maximum atomic E-state index is 9.73. The van der Waals surface area contributed by atoms with Crippen LogP contribution >= 0.6 is 15.9 Å². The predicted molar refractivity (Wildman–Crippen MR) is 114 cm³/mol. The van der Waals surface area contributed by atoms with E-state index >= 15 is 0 Å². The Bertz CT molecular complexity index is 929. The molecule has 0 saturated carbocycles. The molecular weight excluding hydrogens is 404 g/mol. The van der Waals surface area contributed by atoms with E-state index < -0.39 is 6.10 Å². The zero-order valence-corrected chi connectivity index (χ0v) is 17.2. The Morgan fingerprint density at radius 2 is 1.78 bits per heavy atom. The minimum Gasteiger partial charge on any atom is -0.393 e. The third-order valence-electron chi connectivity index (χ3n) is 4.11. The van der Waals surface area contributed by atoms with Gasteiger partial charge >= 0.3 is 0 Å². The SMILES string of the molecule is Cc1cnc(Nc2cc(C)c(Br)c(CC(C)O)c2)nc1Nc1ccccc1. The summed E-state index contributed by atoms with van der Waals surface area (Å²) >= 11 is 3.61. The van der Waals surface area contributed by atoms with Gasteiger partial charge in [0.1, 0.15) is 5.82 Å². The highest BCUT2D eigenvalue weighted by Gasteiger charge is 2.10. The van der Waals surface area contributed by atoms with Crippen LogP contribution in [-0.2, 0) is 6.42 Å². The lowest BCUT2D eigenvalue weighted by Gasteiger charge is -2.14. The van der Waals surface area contributed by atoms with Crippen LogP contribution in [0.4, 0.5) is 23.1 Å². The lowest BCUT2D eigenvalue weighted by Crippen LogP contribution is -2.07. The number of halogens is 1. The van der Waals surface area contributed by atoms with Crippen LogP contribution in [0.1, 0.15) is 23.6 Å². The third-order valence-corrected chi connectivity index (χ3v) is 5.24. The van der Waals surface area contributed by atoms with Gasteiger partial charge in [-0.15, -0.1) is 0 Å². The highest BCUT2D eigenvalue weighted by Crippen LogP contribution is 2.28. The molecule has 0 aliphatic carbocycles. The van der Waals surface area contributed by atoms with Crippen LogP contribution in [0.2, 0.25) is 0 Å². The minimum absolute atomic E-state index is 0.409. The summed E-state index contributed by atoms with van der Waals surface area (Å²) in [4.78, 5) is 9.01. The van der Waals surface area contributed by atoms with E-state index in [1.165, 1.54) is 0 Å². The van der Waals surface area contributed by atoms with Gasteiger partial charge in [-0.2, -0.15) is 4.98 Å². The van der Waals surface area contributed by atoms with Crippen molar-refractivity contribution in [2.24, 2.45) is 0 Å². The van der Waals surface area contributed by atoms with Gasteiger partial charge in [0.2, 0.25) is 5.95 Å². The Labute approximate surface area is 168 Å². The van der Waals surface area contributed by atoms with Crippen LogP contribution in [0, 0.1) is 13.8 Å². The number of anilines is 4. The Kier molecular flexibility index (Phi) is 6.08. The maximum absolute atomic E-state index is 9.73. The first-order valence-corrected chi connectivity index (χ1v) is 9.61. The van der Waals surface area contributed by atoms with E-state index in [-0.39, 0.29) is 0 Å². The molecule has 1 atom stereocenters. The van der Waals surface area contributed by atoms with Crippen LogP contribution < -0.4 is 10.6 Å². The van der Waals surface area contributed by atoms with Crippen LogP contribution in [0.25, 0.3) is 0 Å². The lowest BCUT2D eigenvalue weighted by atomic mass is 10.0. The van der Waals surface area contributed by atoms with Gasteiger partial charge in [-0.1, -0.05) is 34.1 Å². The molecule has 0 saturated heterocycles. The van der Waals surface area contributed by atoms with Crippen LogP contribution in [-0.4, -0.2) is 21.2 Å². The minimum atomic E-state index is -0.409. The molecule has 0 aliphatic heterocycles. The van der Waals surface area contributed by atoms with E-state index in [2.05, 4.69) is 36.5 Å². The van der Waals surface area contributed by atoms with Crippen molar-refractivity contribution in [2.45, 2.75) is 33.3 Å². The normalized spacial score (nSPS) is 11.9. The van der Waals surface area contributed by atoms with Gasteiger partial charge in [-0.3, -0.25) is 0 Å². The second kappa shape index (κ2) is 8.50. The van der Waals surface area contributed by atoms with Gasteiger partial charge in [0.05, 0.1) is 6.10 Å². The zero-order chi connectivity index (χ0) is 19.4. The number of aliphatic hydroxyl groups is 1. The first-order chi connectivity index (χ1) is 12.9. The summed E-state index contributed by atoms with van der Waals surface area (Å²) in [6.45, 7) is 5.78. The standard InChI is InChI=1S/C21H23BrN4O/c1-13-9-18(11-16(19(13)22)10-15(3)27)25-21-23-12-14(2)20(26-21)24-17-7-5-4-6-8-17/h4-9,11-12,15,27H,10H2,1-3H3,(H2,23,24,25,26). The van der Waals surface area contributed by atoms with Gasteiger partial charge in [-0.05, 0) is 62.6 Å². The number of nitrogens with one attached hydrogen (secondary N) is 2. The maximum Gasteiger partial charge on any atom is 0.229 e. The molecule has 1 heterocycles. The summed E-state index contributed by atoms with van der Waals surface area (Å²) in [6.07, 6.45) is 1.96. The Hall–Kier alpha value is -2.44. The second-order valence-electron chi connectivity index (χ2n) is 6.66. The molecule has 0 spiro atoms. The number of hydrogen-bond acceptors (Lipinski definition) is 5. The smallest absolute Gasteiger partial charge is 0.229 e. The van der Waals surface area contributed by atoms with Crippen molar-refractivity contribution in [3.63, 3.8) is 0 Å². The molecular formula is C21H23BrN4O. The van der Waals surface area contributed by atoms with E-state index in [9.17, 15) is 5.11 Å². The number of aromatic nitrogens is 2. The molecule has 0 amide bonds. The van der Waals surface area contributed by atoms with Crippen molar-refractivity contribution in [3.8, 4) is 0 Å². The van der Waals surface area contributed by atoms with E-state index in [4.69, 9.17) is 0 Å². The summed E-state index contributed by atoms with van der Waals surface area (Å²) in [6, 6.07) is 14.0. The summed E-state index contributed by atoms with van der Waals surface area (Å²) in [7, 11) is 0. The van der Waals surface area contributed by atoms with E-state index in [1.54, 1.807) is 13.1 Å². The molecule has 2 aromatic carbocycles. The molecule has 140 valence electrons. The molecule has 1 unspecified atom stereocenters. The molecule has 0 fully saturated rings. The topological polar surface area (TPSA) is 70.1 Å². The summed E-state index contributed by atoms with van der Waals surface area (Å²) in [5.41, 5.74) is 4.96. The van der Waals surface area contributed by atoms with Crippen molar-refractivity contribution < 1.29 is 5.11 Å². The molecule has 6 heteroatoms. The molecule has 3 N–H and O–H groups in total. The molecule has 3 aromatic rings. The van der Waals surface area contributed by atoms with Crippen molar-refractivity contribution >= 4 is 39.1 Å². The van der Waals surface area contributed by atoms with Crippen molar-refractivity contribution in [2.75, 3.05) is 10.6 Å². The van der Waals surface area contributed by atoms with Gasteiger partial charge in [0, 0.05) is 27.6 Å². The Morgan fingerprint density at radius 3 is 2.48 bits per heavy atom. The molecule has 27 heavy (non-hydrogen) atoms. The van der Waals surface area contributed by atoms with E-state index in [1.807, 2.05) is 56.3 Å². The Balaban J connectivity index is 1.85. The number of aliphatic hydroxyl groups excluding tert-OH is 1. The van der Waals surface area contributed by atoms with Crippen molar-refractivity contribution in [3.05, 3.63) is 69.8 Å². The van der Waals surface area contributed by atoms with E-state index in [0.29, 0.717) is 12.4 Å². The van der Waals surface area contributed by atoms with Gasteiger partial charge < -0.3 is 15.7 Å². The summed E-state index contributed by atoms with van der Waals surface area (Å²) < 4.78 is 1.02. The number of para-hydroxylation sites is 1. The predicted octanol–water partition coefficient (Wildman–Crippen LogP) is 5.27. The highest BCUT2D eigenvalue weighted by atomic mass is 79.9. The second-order valence-corrected chi connectivity index (χ2v) is 7.45. The quantitative estimate of drug-likeness (QED) is 0.500. The van der Waals surface area contributed by atoms with Crippen molar-refractivity contribution in [1.29, 1.82) is 0 Å². The number of aryl methyl sites for hydroxylation is 2. The number of benzene rings is 2. The fourth-order valence-corrected chi connectivity index (χ4v) is 3.19. The Morgan fingerprint density at radius 1 is 1.04 bits per heavy atom. The number of nitrogens with zero attached hydrogens (tertiary/aromatic N) is 2. The lowest BCUT2D eigenvalue weighted by molar-refractivity contribution is 0.195. The molecule has 5 nitrogen and oxygen atoms in total. The van der Waals surface area contributed by atoms with Crippen LogP contribution in [0.3, 0.4) is 0 Å². The zero-order valence-electron chi connectivity index (χ0n) is 15.6. The molecule has 0 radical (unpaired) electrons. The van der Waals surface area contributed by atoms with Gasteiger partial charge in [0.25, 0.3) is 0 Å². The average molecular weight is 427 g/mol. The third kappa shape index (κ3) is 5.05. The number of rotatable bonds is 6. The molecule has 1 aromatic heterocycles. The van der Waals surface area contributed by atoms with Crippen LogP contribution in [0.15, 0.2) is 53.1 Å². The highest BCUT2D eigenvalue weighted by molar-refractivity contribution is 9.10. The molecule has 0 bridgehead atoms. The van der Waals surface area contributed by atoms with E-state index in [0.717, 1.165) is 38.4 Å². The molecule has 0 aliphatic rings. The molecule has 3 rings (SSSR count). The fraction of sp³-hybridized carbons (Fsp3) is 0.238. The van der Waals surface area contributed by atoms with Gasteiger partial charge in [-0.25, -0.2) is 4.98 Å². The summed E-state index contributed by atoms with van der Waals surface area (Å²) in [5, 5.41) is 16.3. The monoisotopic (exact) mass is 426 g/mol. The first-order valence-electron chi connectivity index (χ1n) is 8.82. The fourth-order valence-electron chi connectivity index (χ4n) is 2.80. The van der Waals surface area contributed by atoms with Crippen molar-refractivity contribution in [1.82, 2.24) is 9.97 Å². The van der Waals surface area contributed by atoms with Crippen LogP contribution in [0.5, 0.6) is 0 Å².